The number of hydrogen-bond acceptors (Lipinski definition) is 3. The van der Waals surface area contributed by atoms with E-state index in [1.807, 2.05) is 11.0 Å². The van der Waals surface area contributed by atoms with Crippen molar-refractivity contribution in [1.29, 1.82) is 0 Å². The van der Waals surface area contributed by atoms with Gasteiger partial charge in [0.15, 0.2) is 0 Å². The highest BCUT2D eigenvalue weighted by Gasteiger charge is 2.19. The topological polar surface area (TPSA) is 35.6 Å². The molecule has 1 aliphatic rings. The molecule has 0 atom stereocenters. The van der Waals surface area contributed by atoms with E-state index in [0.717, 1.165) is 52.2 Å². The minimum atomic E-state index is 0.285. The molecule has 1 heterocycles. The zero-order chi connectivity index (χ0) is 16.3. The number of benzene rings is 1. The minimum Gasteiger partial charge on any atom is -0.340 e. The maximum Gasteiger partial charge on any atom is 0.223 e. The molecule has 23 heavy (non-hydrogen) atoms. The Morgan fingerprint density at radius 2 is 1.87 bits per heavy atom. The molecule has 0 bridgehead atoms. The molecule has 1 saturated heterocycles. The van der Waals surface area contributed by atoms with E-state index in [4.69, 9.17) is 0 Å². The van der Waals surface area contributed by atoms with Crippen LogP contribution in [0.2, 0.25) is 0 Å². The Labute approximate surface area is 140 Å². The fourth-order valence-corrected chi connectivity index (χ4v) is 2.74. The normalized spacial score (nSPS) is 16.1. The molecule has 0 saturated carbocycles. The van der Waals surface area contributed by atoms with Gasteiger partial charge in [0, 0.05) is 45.7 Å². The molecule has 0 unspecified atom stereocenters. The summed E-state index contributed by atoms with van der Waals surface area (Å²) in [6, 6.07) is 10.4. The summed E-state index contributed by atoms with van der Waals surface area (Å²) >= 11 is 0. The van der Waals surface area contributed by atoms with Gasteiger partial charge in [-0.3, -0.25) is 9.69 Å². The van der Waals surface area contributed by atoms with Gasteiger partial charge in [-0.25, -0.2) is 0 Å². The van der Waals surface area contributed by atoms with Gasteiger partial charge in [0.05, 0.1) is 0 Å². The summed E-state index contributed by atoms with van der Waals surface area (Å²) in [5.74, 6) is 0.285. The number of piperazine rings is 1. The lowest BCUT2D eigenvalue weighted by molar-refractivity contribution is -0.132. The third-order valence-corrected chi connectivity index (χ3v) is 4.14. The smallest absolute Gasteiger partial charge is 0.223 e. The summed E-state index contributed by atoms with van der Waals surface area (Å²) in [6.07, 6.45) is 6.11. The number of nitrogens with one attached hydrogen (secondary N) is 1. The van der Waals surface area contributed by atoms with Crippen LogP contribution in [-0.2, 0) is 4.79 Å². The first-order valence-corrected chi connectivity index (χ1v) is 8.72. The van der Waals surface area contributed by atoms with Crippen molar-refractivity contribution < 1.29 is 4.79 Å². The van der Waals surface area contributed by atoms with Crippen LogP contribution in [0.25, 0.3) is 6.08 Å². The van der Waals surface area contributed by atoms with Crippen molar-refractivity contribution in [3.05, 3.63) is 42.0 Å². The Kier molecular flexibility index (Phi) is 7.84. The van der Waals surface area contributed by atoms with Crippen LogP contribution in [-0.4, -0.2) is 61.5 Å². The molecule has 1 N–H and O–H groups in total. The second kappa shape index (κ2) is 10.2. The highest BCUT2D eigenvalue weighted by molar-refractivity contribution is 5.76. The third-order valence-electron chi connectivity index (χ3n) is 4.14. The molecule has 0 radical (unpaired) electrons. The summed E-state index contributed by atoms with van der Waals surface area (Å²) in [5.41, 5.74) is 1.24. The number of hydrogen-bond donors (Lipinski definition) is 1. The SMILES string of the molecule is CCCNCCC(=O)N1CCN(C/C=C/c2ccccc2)CC1. The first kappa shape index (κ1) is 17.7. The van der Waals surface area contributed by atoms with E-state index < -0.39 is 0 Å². The van der Waals surface area contributed by atoms with Crippen LogP contribution in [0.4, 0.5) is 0 Å². The molecule has 0 spiro atoms. The van der Waals surface area contributed by atoms with Gasteiger partial charge >= 0.3 is 0 Å². The Morgan fingerprint density at radius 1 is 1.13 bits per heavy atom. The highest BCUT2D eigenvalue weighted by Crippen LogP contribution is 2.05. The van der Waals surface area contributed by atoms with Crippen LogP contribution in [0.15, 0.2) is 36.4 Å². The van der Waals surface area contributed by atoms with Crippen molar-refractivity contribution >= 4 is 12.0 Å². The van der Waals surface area contributed by atoms with Gasteiger partial charge in [-0.1, -0.05) is 49.4 Å². The maximum absolute atomic E-state index is 12.1. The molecule has 1 aromatic carbocycles. The van der Waals surface area contributed by atoms with E-state index in [0.29, 0.717) is 6.42 Å². The van der Waals surface area contributed by atoms with E-state index in [-0.39, 0.29) is 5.91 Å². The van der Waals surface area contributed by atoms with E-state index in [1.165, 1.54) is 5.56 Å². The number of nitrogens with zero attached hydrogens (tertiary/aromatic N) is 2. The number of rotatable bonds is 8. The van der Waals surface area contributed by atoms with E-state index >= 15 is 0 Å². The van der Waals surface area contributed by atoms with Crippen molar-refractivity contribution in [1.82, 2.24) is 15.1 Å². The van der Waals surface area contributed by atoms with E-state index in [2.05, 4.69) is 53.6 Å². The van der Waals surface area contributed by atoms with Crippen molar-refractivity contribution in [2.75, 3.05) is 45.8 Å². The average molecular weight is 315 g/mol. The quantitative estimate of drug-likeness (QED) is 0.747. The molecule has 126 valence electrons. The fourth-order valence-electron chi connectivity index (χ4n) is 2.74. The van der Waals surface area contributed by atoms with Gasteiger partial charge in [0.1, 0.15) is 0 Å². The van der Waals surface area contributed by atoms with Crippen LogP contribution < -0.4 is 5.32 Å². The van der Waals surface area contributed by atoms with Crippen molar-refractivity contribution in [2.45, 2.75) is 19.8 Å². The summed E-state index contributed by atoms with van der Waals surface area (Å²) in [5, 5.41) is 3.29. The zero-order valence-corrected chi connectivity index (χ0v) is 14.2. The second-order valence-electron chi connectivity index (χ2n) is 5.99. The highest BCUT2D eigenvalue weighted by atomic mass is 16.2. The summed E-state index contributed by atoms with van der Waals surface area (Å²) in [4.78, 5) is 16.5. The van der Waals surface area contributed by atoms with Gasteiger partial charge < -0.3 is 10.2 Å². The molecule has 0 aromatic heterocycles. The van der Waals surface area contributed by atoms with Crippen LogP contribution in [0, 0.1) is 0 Å². The lowest BCUT2D eigenvalue weighted by atomic mass is 10.2. The Bertz CT molecular complexity index is 479. The zero-order valence-electron chi connectivity index (χ0n) is 14.2. The second-order valence-corrected chi connectivity index (χ2v) is 5.99. The van der Waals surface area contributed by atoms with Crippen LogP contribution >= 0.6 is 0 Å². The molecule has 4 heteroatoms. The van der Waals surface area contributed by atoms with Gasteiger partial charge in [0.2, 0.25) is 5.91 Å². The van der Waals surface area contributed by atoms with E-state index in [1.54, 1.807) is 0 Å². The van der Waals surface area contributed by atoms with Crippen LogP contribution in [0.3, 0.4) is 0 Å². The van der Waals surface area contributed by atoms with Gasteiger partial charge in [-0.05, 0) is 18.5 Å². The Morgan fingerprint density at radius 3 is 2.57 bits per heavy atom. The van der Waals surface area contributed by atoms with Gasteiger partial charge in [-0.2, -0.15) is 0 Å². The largest absolute Gasteiger partial charge is 0.340 e. The van der Waals surface area contributed by atoms with Crippen molar-refractivity contribution in [3.63, 3.8) is 0 Å². The molecule has 1 fully saturated rings. The van der Waals surface area contributed by atoms with Crippen molar-refractivity contribution in [3.8, 4) is 0 Å². The predicted molar refractivity (Wildman–Crippen MR) is 96.3 cm³/mol. The Hall–Kier alpha value is -1.65. The summed E-state index contributed by atoms with van der Waals surface area (Å²) in [6.45, 7) is 8.52. The first-order chi connectivity index (χ1) is 11.3. The average Bonchev–Trinajstić information content (AvgIpc) is 2.60. The molecule has 2 rings (SSSR count). The van der Waals surface area contributed by atoms with Crippen LogP contribution in [0.5, 0.6) is 0 Å². The maximum atomic E-state index is 12.1. The predicted octanol–water partition coefficient (Wildman–Crippen LogP) is 2.23. The molecule has 1 aliphatic heterocycles. The summed E-state index contributed by atoms with van der Waals surface area (Å²) in [7, 11) is 0. The monoisotopic (exact) mass is 315 g/mol. The van der Waals surface area contributed by atoms with E-state index in [9.17, 15) is 4.79 Å². The van der Waals surface area contributed by atoms with Gasteiger partial charge in [-0.15, -0.1) is 0 Å². The first-order valence-electron chi connectivity index (χ1n) is 8.72. The molecule has 4 nitrogen and oxygen atoms in total. The lowest BCUT2D eigenvalue weighted by Gasteiger charge is -2.34. The lowest BCUT2D eigenvalue weighted by Crippen LogP contribution is -2.49. The molecule has 1 aromatic rings. The van der Waals surface area contributed by atoms with Crippen molar-refractivity contribution in [2.24, 2.45) is 0 Å². The number of carbonyl (C=O) groups is 1. The standard InChI is InChI=1S/C19H29N3O/c1-2-11-20-12-10-19(23)22-16-14-21(15-17-22)13-6-9-18-7-4-3-5-8-18/h3-9,20H,2,10-17H2,1H3/b9-6+. The molecule has 1 amide bonds. The van der Waals surface area contributed by atoms with Gasteiger partial charge in [0.25, 0.3) is 0 Å². The Balaban J connectivity index is 1.63. The molecule has 0 aliphatic carbocycles. The minimum absolute atomic E-state index is 0.285. The summed E-state index contributed by atoms with van der Waals surface area (Å²) < 4.78 is 0. The molecular weight excluding hydrogens is 286 g/mol. The molecular formula is C19H29N3O. The third kappa shape index (κ3) is 6.55. The number of amides is 1. The van der Waals surface area contributed by atoms with Crippen LogP contribution in [0.1, 0.15) is 25.3 Å². The fraction of sp³-hybridized carbons (Fsp3) is 0.526. The number of carbonyl (C=O) groups excluding carboxylic acids is 1.